The lowest BCUT2D eigenvalue weighted by atomic mass is 9.62. The monoisotopic (exact) mass is 422 g/mol. The average Bonchev–Trinajstić information content (AvgIpc) is 3.35. The second-order valence-corrected chi connectivity index (χ2v) is 9.96. The van der Waals surface area contributed by atoms with Gasteiger partial charge < -0.3 is 4.74 Å². The molecule has 0 bridgehead atoms. The minimum absolute atomic E-state index is 0.0199. The Kier molecular flexibility index (Phi) is 4.65. The molecule has 1 saturated carbocycles. The molecule has 0 amide bonds. The van der Waals surface area contributed by atoms with E-state index in [0.29, 0.717) is 0 Å². The molecule has 2 fully saturated rings. The van der Waals surface area contributed by atoms with Crippen molar-refractivity contribution in [1.29, 1.82) is 0 Å². The number of benzene rings is 1. The Morgan fingerprint density at radius 2 is 1.87 bits per heavy atom. The molecule has 5 heteroatoms. The van der Waals surface area contributed by atoms with Crippen molar-refractivity contribution in [3.05, 3.63) is 53.1 Å². The van der Waals surface area contributed by atoms with E-state index in [1.54, 1.807) is 12.1 Å². The zero-order chi connectivity index (χ0) is 21.9. The summed E-state index contributed by atoms with van der Waals surface area (Å²) in [5.74, 6) is -0.231. The number of fused-ring (bicyclic) bond motifs is 3. The van der Waals surface area contributed by atoms with E-state index in [2.05, 4.69) is 31.9 Å². The van der Waals surface area contributed by atoms with Gasteiger partial charge in [0.25, 0.3) is 0 Å². The van der Waals surface area contributed by atoms with Crippen LogP contribution in [-0.2, 0) is 16.0 Å². The van der Waals surface area contributed by atoms with E-state index >= 15 is 0 Å². The van der Waals surface area contributed by atoms with Crippen LogP contribution in [0.4, 0.5) is 4.39 Å². The first-order chi connectivity index (χ1) is 14.9. The summed E-state index contributed by atoms with van der Waals surface area (Å²) in [5.41, 5.74) is 3.48. The Labute approximate surface area is 183 Å². The lowest BCUT2D eigenvalue weighted by molar-refractivity contribution is -0.160. The van der Waals surface area contributed by atoms with Gasteiger partial charge in [-0.3, -0.25) is 4.79 Å². The van der Waals surface area contributed by atoms with E-state index in [-0.39, 0.29) is 22.6 Å². The second-order valence-electron chi connectivity index (χ2n) is 9.96. The molecule has 0 unspecified atom stereocenters. The van der Waals surface area contributed by atoms with Gasteiger partial charge in [0, 0.05) is 11.8 Å². The molecular weight excluding hydrogens is 391 g/mol. The van der Waals surface area contributed by atoms with Crippen molar-refractivity contribution in [3.8, 4) is 5.69 Å². The lowest BCUT2D eigenvalue weighted by Crippen LogP contribution is -2.45. The van der Waals surface area contributed by atoms with Gasteiger partial charge in [-0.2, -0.15) is 5.10 Å². The van der Waals surface area contributed by atoms with Gasteiger partial charge in [0.2, 0.25) is 0 Å². The van der Waals surface area contributed by atoms with Gasteiger partial charge in [0.05, 0.1) is 23.0 Å². The van der Waals surface area contributed by atoms with Gasteiger partial charge in [-0.05, 0) is 68.0 Å². The predicted octanol–water partition coefficient (Wildman–Crippen LogP) is 6.02. The van der Waals surface area contributed by atoms with E-state index < -0.39 is 5.60 Å². The summed E-state index contributed by atoms with van der Waals surface area (Å²) >= 11 is 0. The highest BCUT2D eigenvalue weighted by atomic mass is 19.1. The molecular formula is C26H31FN2O2. The van der Waals surface area contributed by atoms with Gasteiger partial charge in [-0.25, -0.2) is 9.07 Å². The largest absolute Gasteiger partial charge is 0.458 e. The van der Waals surface area contributed by atoms with E-state index in [1.807, 2.05) is 10.9 Å². The number of hydrogen-bond acceptors (Lipinski definition) is 3. The van der Waals surface area contributed by atoms with Crippen LogP contribution in [0.2, 0.25) is 0 Å². The van der Waals surface area contributed by atoms with Gasteiger partial charge in [0.1, 0.15) is 11.4 Å². The molecule has 1 aromatic carbocycles. The highest BCUT2D eigenvalue weighted by molar-refractivity contribution is 5.80. The number of ether oxygens (including phenoxy) is 1. The van der Waals surface area contributed by atoms with Crippen LogP contribution in [0.3, 0.4) is 0 Å². The summed E-state index contributed by atoms with van der Waals surface area (Å²) in [5, 5.41) is 4.62. The highest BCUT2D eigenvalue weighted by Crippen LogP contribution is 2.64. The highest BCUT2D eigenvalue weighted by Gasteiger charge is 2.66. The molecule has 1 spiro atoms. The number of aromatic nitrogens is 2. The van der Waals surface area contributed by atoms with Crippen LogP contribution in [-0.4, -0.2) is 21.4 Å². The van der Waals surface area contributed by atoms with E-state index in [0.717, 1.165) is 68.3 Å². The normalized spacial score (nSPS) is 28.4. The smallest absolute Gasteiger partial charge is 0.312 e. The molecule has 3 aliphatic rings. The number of carbonyl (C=O) groups is 1. The fourth-order valence-electron chi connectivity index (χ4n) is 6.55. The molecule has 5 rings (SSSR count). The molecule has 2 aliphatic carbocycles. The summed E-state index contributed by atoms with van der Waals surface area (Å²) in [4.78, 5) is 13.2. The van der Waals surface area contributed by atoms with E-state index in [1.165, 1.54) is 17.7 Å². The standard InChI is InChI=1S/C26H31FN2O2/c1-4-11-25(12-5-2)17-26(31-23(25)30)13-10-19-14-22-18(15-24(19,26)3)16-28-29(22)21-8-6-20(27)7-9-21/h6-9,14,16H,4-5,10-13,15,17H2,1-3H3/t24-,26+/m0/s1. The van der Waals surface area contributed by atoms with Crippen LogP contribution in [0, 0.1) is 16.6 Å². The Morgan fingerprint density at radius 3 is 2.55 bits per heavy atom. The molecule has 1 aliphatic heterocycles. The molecule has 2 heterocycles. The van der Waals surface area contributed by atoms with E-state index in [9.17, 15) is 9.18 Å². The first-order valence-corrected chi connectivity index (χ1v) is 11.6. The molecule has 0 N–H and O–H groups in total. The summed E-state index contributed by atoms with van der Waals surface area (Å²) in [6, 6.07) is 6.45. The number of halogens is 1. The summed E-state index contributed by atoms with van der Waals surface area (Å²) in [6.45, 7) is 6.60. The Hall–Kier alpha value is -2.43. The topological polar surface area (TPSA) is 44.1 Å². The summed E-state index contributed by atoms with van der Waals surface area (Å²) < 4.78 is 21.7. The fourth-order valence-corrected chi connectivity index (χ4v) is 6.55. The predicted molar refractivity (Wildman–Crippen MR) is 118 cm³/mol. The van der Waals surface area contributed by atoms with Crippen molar-refractivity contribution in [2.75, 3.05) is 0 Å². The van der Waals surface area contributed by atoms with Crippen LogP contribution >= 0.6 is 0 Å². The average molecular weight is 423 g/mol. The summed E-state index contributed by atoms with van der Waals surface area (Å²) in [6.07, 6.45) is 11.5. The van der Waals surface area contributed by atoms with Crippen molar-refractivity contribution < 1.29 is 13.9 Å². The van der Waals surface area contributed by atoms with Crippen LogP contribution in [0.15, 0.2) is 36.0 Å². The first kappa shape index (κ1) is 20.5. The quantitative estimate of drug-likeness (QED) is 0.553. The molecule has 164 valence electrons. The zero-order valence-electron chi connectivity index (χ0n) is 18.7. The lowest BCUT2D eigenvalue weighted by Gasteiger charge is -2.42. The summed E-state index contributed by atoms with van der Waals surface area (Å²) in [7, 11) is 0. The van der Waals surface area contributed by atoms with Crippen LogP contribution in [0.1, 0.15) is 77.0 Å². The number of esters is 1. The van der Waals surface area contributed by atoms with Gasteiger partial charge in [-0.15, -0.1) is 0 Å². The number of rotatable bonds is 5. The Morgan fingerprint density at radius 1 is 1.16 bits per heavy atom. The van der Waals surface area contributed by atoms with Crippen LogP contribution in [0.25, 0.3) is 11.8 Å². The molecule has 31 heavy (non-hydrogen) atoms. The van der Waals surface area contributed by atoms with Crippen molar-refractivity contribution in [1.82, 2.24) is 9.78 Å². The molecule has 0 radical (unpaired) electrons. The van der Waals surface area contributed by atoms with Crippen LogP contribution < -0.4 is 0 Å². The van der Waals surface area contributed by atoms with Gasteiger partial charge >= 0.3 is 5.97 Å². The van der Waals surface area contributed by atoms with Crippen molar-refractivity contribution in [3.63, 3.8) is 0 Å². The minimum Gasteiger partial charge on any atom is -0.458 e. The fraction of sp³-hybridized carbons (Fsp3) is 0.538. The van der Waals surface area contributed by atoms with Crippen LogP contribution in [0.5, 0.6) is 0 Å². The second kappa shape index (κ2) is 7.04. The van der Waals surface area contributed by atoms with Crippen molar-refractivity contribution in [2.24, 2.45) is 10.8 Å². The number of hydrogen-bond donors (Lipinski definition) is 0. The minimum atomic E-state index is -0.421. The maximum absolute atomic E-state index is 13.4. The van der Waals surface area contributed by atoms with Gasteiger partial charge in [0.15, 0.2) is 0 Å². The van der Waals surface area contributed by atoms with Crippen molar-refractivity contribution >= 4 is 12.0 Å². The SMILES string of the molecule is CCCC1(CCC)C[C@@]2(CCC3=Cc4c(cnn4-c4ccc(F)cc4)C[C@@]32C)OC1=O. The molecule has 1 saturated heterocycles. The van der Waals surface area contributed by atoms with E-state index in [4.69, 9.17) is 4.74 Å². The third-order valence-corrected chi connectivity index (χ3v) is 8.13. The maximum Gasteiger partial charge on any atom is 0.312 e. The van der Waals surface area contributed by atoms with Crippen molar-refractivity contribution in [2.45, 2.75) is 77.7 Å². The zero-order valence-corrected chi connectivity index (χ0v) is 18.7. The molecule has 1 aromatic heterocycles. The number of carbonyl (C=O) groups excluding carboxylic acids is 1. The Bertz CT molecular complexity index is 1050. The number of nitrogens with zero attached hydrogens (tertiary/aromatic N) is 2. The molecule has 2 atom stereocenters. The third-order valence-electron chi connectivity index (χ3n) is 8.13. The maximum atomic E-state index is 13.4. The molecule has 4 nitrogen and oxygen atoms in total. The molecule has 2 aromatic rings. The Balaban J connectivity index is 1.52. The first-order valence-electron chi connectivity index (χ1n) is 11.6. The third kappa shape index (κ3) is 2.85. The van der Waals surface area contributed by atoms with Gasteiger partial charge in [-0.1, -0.05) is 39.2 Å².